The van der Waals surface area contributed by atoms with Gasteiger partial charge in [-0.3, -0.25) is 4.79 Å². The molecule has 0 aliphatic carbocycles. The monoisotopic (exact) mass is 433 g/mol. The van der Waals surface area contributed by atoms with Crippen LogP contribution in [0.2, 0.25) is 5.02 Å². The van der Waals surface area contributed by atoms with Crippen LogP contribution in [0.1, 0.15) is 18.2 Å². The number of benzene rings is 1. The number of primary amides is 1. The number of rotatable bonds is 4. The lowest BCUT2D eigenvalue weighted by molar-refractivity contribution is -0.263. The van der Waals surface area contributed by atoms with Crippen LogP contribution < -0.4 is 16.2 Å². The summed E-state index contributed by atoms with van der Waals surface area (Å²) in [7, 11) is 0. The molecule has 0 fully saturated rings. The van der Waals surface area contributed by atoms with Crippen LogP contribution in [0.5, 0.6) is 5.75 Å². The number of alkyl halides is 3. The maximum atomic E-state index is 14.0. The molecule has 29 heavy (non-hydrogen) atoms. The van der Waals surface area contributed by atoms with Crippen molar-refractivity contribution in [3.63, 3.8) is 0 Å². The zero-order valence-electron chi connectivity index (χ0n) is 15.0. The van der Waals surface area contributed by atoms with E-state index in [4.69, 9.17) is 27.8 Å². The summed E-state index contributed by atoms with van der Waals surface area (Å²) >= 11 is 5.98. The van der Waals surface area contributed by atoms with Gasteiger partial charge in [0.15, 0.2) is 0 Å². The number of nitrogens with two attached hydrogens (primary N) is 2. The van der Waals surface area contributed by atoms with Gasteiger partial charge in [-0.05, 0) is 19.1 Å². The number of carbonyl (C=O) groups is 1. The summed E-state index contributed by atoms with van der Waals surface area (Å²) in [6.07, 6.45) is -5.19. The minimum atomic E-state index is -5.19. The van der Waals surface area contributed by atoms with Crippen molar-refractivity contribution in [1.29, 1.82) is 0 Å². The number of amides is 1. The molecule has 6 nitrogen and oxygen atoms in total. The van der Waals surface area contributed by atoms with Crippen LogP contribution in [0.3, 0.4) is 0 Å². The van der Waals surface area contributed by atoms with Crippen LogP contribution in [-0.2, 0) is 15.8 Å². The molecular weight excluding hydrogens is 418 g/mol. The molecule has 3 rings (SSSR count). The van der Waals surface area contributed by atoms with Gasteiger partial charge >= 0.3 is 6.18 Å². The molecular formula is C18H16ClF4N3O3. The van der Waals surface area contributed by atoms with E-state index in [1.165, 1.54) is 19.1 Å². The third kappa shape index (κ3) is 3.11. The Bertz CT molecular complexity index is 1000. The van der Waals surface area contributed by atoms with E-state index < -0.39 is 46.2 Å². The van der Waals surface area contributed by atoms with Crippen molar-refractivity contribution in [1.82, 2.24) is 4.98 Å². The van der Waals surface area contributed by atoms with Gasteiger partial charge in [-0.15, -0.1) is 0 Å². The van der Waals surface area contributed by atoms with Crippen LogP contribution in [-0.4, -0.2) is 35.3 Å². The first kappa shape index (κ1) is 21.3. The summed E-state index contributed by atoms with van der Waals surface area (Å²) < 4.78 is 60.2. The molecule has 1 aliphatic rings. The van der Waals surface area contributed by atoms with Crippen LogP contribution in [0.25, 0.3) is 11.3 Å². The third-order valence-electron chi connectivity index (χ3n) is 5.01. The summed E-state index contributed by atoms with van der Waals surface area (Å²) in [4.78, 5) is 15.9. The van der Waals surface area contributed by atoms with Crippen molar-refractivity contribution in [3.8, 4) is 17.0 Å². The lowest BCUT2D eigenvalue weighted by Gasteiger charge is -2.30. The average Bonchev–Trinajstić information content (AvgIpc) is 3.00. The number of hydrogen-bond acceptors (Lipinski definition) is 5. The van der Waals surface area contributed by atoms with Gasteiger partial charge in [0, 0.05) is 17.7 Å². The molecule has 0 spiro atoms. The van der Waals surface area contributed by atoms with E-state index in [1.807, 2.05) is 0 Å². The quantitative estimate of drug-likeness (QED) is 0.641. The van der Waals surface area contributed by atoms with Crippen LogP contribution in [0, 0.1) is 5.82 Å². The standard InChI is InChI=1S/C18H16ClF4N3O3/c1-16(15(25)27)7-29-14-9(16)5-11(17(28,6-24)18(21,22)23)26-13(14)8-3-2-4-10(20)12(8)19/h2-5,28H,6-7,24H2,1H3,(H2,25,27)/t16-,17?/m0/s1. The molecule has 1 aliphatic heterocycles. The highest BCUT2D eigenvalue weighted by Crippen LogP contribution is 2.48. The normalized spacial score (nSPS) is 20.7. The SMILES string of the molecule is C[C@]1(C(N)=O)COc2c1cc(C(O)(CN)C(F)(F)F)nc2-c1cccc(F)c1Cl. The molecule has 1 aromatic carbocycles. The number of aliphatic hydroxyl groups is 1. The molecule has 0 saturated carbocycles. The van der Waals surface area contributed by atoms with E-state index >= 15 is 0 Å². The Balaban J connectivity index is 2.40. The smallest absolute Gasteiger partial charge is 0.424 e. The fourth-order valence-corrected chi connectivity index (χ4v) is 3.25. The molecule has 0 saturated heterocycles. The zero-order chi connectivity index (χ0) is 21.8. The molecule has 1 unspecified atom stereocenters. The second-order valence-electron chi connectivity index (χ2n) is 6.88. The third-order valence-corrected chi connectivity index (χ3v) is 5.40. The van der Waals surface area contributed by atoms with Crippen molar-refractivity contribution in [2.45, 2.75) is 24.1 Å². The van der Waals surface area contributed by atoms with Gasteiger partial charge in [0.25, 0.3) is 0 Å². The summed E-state index contributed by atoms with van der Waals surface area (Å²) in [6, 6.07) is 4.52. The number of hydrogen-bond donors (Lipinski definition) is 3. The summed E-state index contributed by atoms with van der Waals surface area (Å²) in [5.74, 6) is -1.79. The molecule has 2 atom stereocenters. The van der Waals surface area contributed by atoms with E-state index in [0.717, 1.165) is 12.1 Å². The van der Waals surface area contributed by atoms with Crippen molar-refractivity contribution < 1.29 is 32.2 Å². The summed E-state index contributed by atoms with van der Waals surface area (Å²) in [5, 5.41) is 9.87. The first-order valence-electron chi connectivity index (χ1n) is 8.29. The molecule has 5 N–H and O–H groups in total. The predicted octanol–water partition coefficient (Wildman–Crippen LogP) is 2.39. The molecule has 1 aromatic heterocycles. The van der Waals surface area contributed by atoms with Gasteiger partial charge in [0.05, 0.1) is 10.7 Å². The van der Waals surface area contributed by atoms with E-state index in [0.29, 0.717) is 0 Å². The number of nitrogens with zero attached hydrogens (tertiary/aromatic N) is 1. The number of carbonyl (C=O) groups excluding carboxylic acids is 1. The zero-order valence-corrected chi connectivity index (χ0v) is 15.7. The lowest BCUT2D eigenvalue weighted by atomic mass is 9.82. The van der Waals surface area contributed by atoms with Crippen LogP contribution >= 0.6 is 11.6 Å². The van der Waals surface area contributed by atoms with Crippen LogP contribution in [0.15, 0.2) is 24.3 Å². The Morgan fingerprint density at radius 3 is 2.62 bits per heavy atom. The molecule has 2 heterocycles. The highest BCUT2D eigenvalue weighted by atomic mass is 35.5. The summed E-state index contributed by atoms with van der Waals surface area (Å²) in [5.41, 5.74) is 4.32. The van der Waals surface area contributed by atoms with Gasteiger partial charge in [-0.2, -0.15) is 13.2 Å². The molecule has 1 amide bonds. The Kier molecular flexibility index (Phi) is 5.01. The van der Waals surface area contributed by atoms with Crippen molar-refractivity contribution in [2.75, 3.05) is 13.2 Å². The molecule has 156 valence electrons. The Labute approximate surface area is 167 Å². The molecule has 2 aromatic rings. The van der Waals surface area contributed by atoms with Gasteiger partial charge in [-0.1, -0.05) is 23.7 Å². The van der Waals surface area contributed by atoms with Gasteiger partial charge < -0.3 is 21.3 Å². The van der Waals surface area contributed by atoms with Gasteiger partial charge in [0.2, 0.25) is 11.5 Å². The number of pyridine rings is 1. The predicted molar refractivity (Wildman–Crippen MR) is 95.7 cm³/mol. The first-order chi connectivity index (χ1) is 13.4. The second-order valence-corrected chi connectivity index (χ2v) is 7.26. The topological polar surface area (TPSA) is 111 Å². The highest BCUT2D eigenvalue weighted by Gasteiger charge is 2.56. The van der Waals surface area contributed by atoms with Crippen molar-refractivity contribution in [2.24, 2.45) is 11.5 Å². The Morgan fingerprint density at radius 1 is 1.41 bits per heavy atom. The van der Waals surface area contributed by atoms with E-state index in [9.17, 15) is 27.5 Å². The highest BCUT2D eigenvalue weighted by molar-refractivity contribution is 6.33. The van der Waals surface area contributed by atoms with E-state index in [2.05, 4.69) is 4.98 Å². The fraction of sp³-hybridized carbons (Fsp3) is 0.333. The van der Waals surface area contributed by atoms with Crippen molar-refractivity contribution in [3.05, 3.63) is 46.4 Å². The number of halogens is 5. The number of aromatic nitrogens is 1. The summed E-state index contributed by atoms with van der Waals surface area (Å²) in [6.45, 7) is -0.153. The largest absolute Gasteiger partial charge is 0.489 e. The maximum absolute atomic E-state index is 14.0. The van der Waals surface area contributed by atoms with E-state index in [1.54, 1.807) is 0 Å². The maximum Gasteiger partial charge on any atom is 0.424 e. The lowest BCUT2D eigenvalue weighted by Crippen LogP contribution is -2.49. The van der Waals surface area contributed by atoms with Gasteiger partial charge in [-0.25, -0.2) is 9.37 Å². The van der Waals surface area contributed by atoms with Crippen molar-refractivity contribution >= 4 is 17.5 Å². The molecule has 0 radical (unpaired) electrons. The molecule has 0 bridgehead atoms. The van der Waals surface area contributed by atoms with E-state index in [-0.39, 0.29) is 29.2 Å². The second kappa shape index (κ2) is 6.82. The first-order valence-corrected chi connectivity index (χ1v) is 8.67. The Hall–Kier alpha value is -2.43. The minimum Gasteiger partial charge on any atom is -0.489 e. The van der Waals surface area contributed by atoms with Gasteiger partial charge in [0.1, 0.15) is 29.3 Å². The van der Waals surface area contributed by atoms with Crippen LogP contribution in [0.4, 0.5) is 17.6 Å². The molecule has 11 heteroatoms. The Morgan fingerprint density at radius 2 is 2.07 bits per heavy atom. The average molecular weight is 434 g/mol. The fourth-order valence-electron chi connectivity index (χ4n) is 3.03. The number of fused-ring (bicyclic) bond motifs is 1. The number of ether oxygens (including phenoxy) is 1. The minimum absolute atomic E-state index is 0.0403.